The predicted molar refractivity (Wildman–Crippen MR) is 88.3 cm³/mol. The summed E-state index contributed by atoms with van der Waals surface area (Å²) < 4.78 is 25.4. The Balaban J connectivity index is 1.81. The lowest BCUT2D eigenvalue weighted by atomic mass is 10.1. The highest BCUT2D eigenvalue weighted by atomic mass is 32.2. The largest absolute Gasteiger partial charge is 0.381 e. The zero-order chi connectivity index (χ0) is 15.7. The van der Waals surface area contributed by atoms with Crippen LogP contribution in [-0.2, 0) is 9.84 Å². The molecular formula is C16H21N3O2S. The van der Waals surface area contributed by atoms with E-state index >= 15 is 0 Å². The number of hydrogen-bond donors (Lipinski definition) is 1. The molecule has 0 spiro atoms. The maximum Gasteiger partial charge on any atom is 0.152 e. The molecule has 6 heteroatoms. The molecule has 0 amide bonds. The van der Waals surface area contributed by atoms with Crippen LogP contribution in [0.1, 0.15) is 24.2 Å². The Morgan fingerprint density at radius 2 is 2.09 bits per heavy atom. The molecule has 1 aromatic heterocycles. The van der Waals surface area contributed by atoms with Crippen molar-refractivity contribution in [3.05, 3.63) is 41.7 Å². The first-order chi connectivity index (χ1) is 10.4. The minimum atomic E-state index is -2.90. The quantitative estimate of drug-likeness (QED) is 0.944. The van der Waals surface area contributed by atoms with Gasteiger partial charge in [-0.25, -0.2) is 13.1 Å². The molecule has 1 aliphatic heterocycles. The number of aryl methyl sites for hydroxylation is 2. The molecule has 1 unspecified atom stereocenters. The molecule has 2 heterocycles. The van der Waals surface area contributed by atoms with Gasteiger partial charge in [-0.15, -0.1) is 0 Å². The highest BCUT2D eigenvalue weighted by Crippen LogP contribution is 2.20. The van der Waals surface area contributed by atoms with E-state index in [0.717, 1.165) is 35.6 Å². The standard InChI is InChI=1S/C16H21N3O2S/c1-12-9-13(2)19(18-12)16-7-3-5-14(10-16)17-15-6-4-8-22(20,21)11-15/h3,5,7,9-10,15,17H,4,6,8,11H2,1-2H3. The minimum absolute atomic E-state index is 0.00513. The van der Waals surface area contributed by atoms with Gasteiger partial charge < -0.3 is 5.32 Å². The molecule has 1 N–H and O–H groups in total. The summed E-state index contributed by atoms with van der Waals surface area (Å²) in [4.78, 5) is 0. The lowest BCUT2D eigenvalue weighted by molar-refractivity contribution is 0.562. The second-order valence-electron chi connectivity index (χ2n) is 5.99. The highest BCUT2D eigenvalue weighted by Gasteiger charge is 2.24. The smallest absolute Gasteiger partial charge is 0.152 e. The first-order valence-corrected chi connectivity index (χ1v) is 9.36. The first kappa shape index (κ1) is 15.1. The van der Waals surface area contributed by atoms with E-state index in [-0.39, 0.29) is 11.8 Å². The number of rotatable bonds is 3. The van der Waals surface area contributed by atoms with E-state index in [1.807, 2.05) is 48.9 Å². The second kappa shape index (κ2) is 5.76. The maximum absolute atomic E-state index is 11.7. The van der Waals surface area contributed by atoms with Crippen molar-refractivity contribution in [1.29, 1.82) is 0 Å². The molecule has 1 saturated heterocycles. The molecule has 2 aromatic rings. The topological polar surface area (TPSA) is 64.0 Å². The van der Waals surface area contributed by atoms with E-state index in [0.29, 0.717) is 5.75 Å². The molecule has 0 radical (unpaired) electrons. The van der Waals surface area contributed by atoms with Gasteiger partial charge in [0, 0.05) is 17.4 Å². The van der Waals surface area contributed by atoms with Crippen molar-refractivity contribution in [2.75, 3.05) is 16.8 Å². The fourth-order valence-corrected chi connectivity index (χ4v) is 4.63. The molecule has 118 valence electrons. The van der Waals surface area contributed by atoms with Crippen LogP contribution < -0.4 is 5.32 Å². The summed E-state index contributed by atoms with van der Waals surface area (Å²) in [6.07, 6.45) is 1.63. The van der Waals surface area contributed by atoms with E-state index in [1.165, 1.54) is 0 Å². The number of sulfone groups is 1. The fourth-order valence-electron chi connectivity index (χ4n) is 2.99. The van der Waals surface area contributed by atoms with Crippen LogP contribution in [-0.4, -0.2) is 35.7 Å². The van der Waals surface area contributed by atoms with E-state index in [2.05, 4.69) is 10.4 Å². The molecule has 5 nitrogen and oxygen atoms in total. The number of nitrogens with zero attached hydrogens (tertiary/aromatic N) is 2. The summed E-state index contributed by atoms with van der Waals surface area (Å²) in [6.45, 7) is 3.99. The van der Waals surface area contributed by atoms with Gasteiger partial charge in [0.1, 0.15) is 0 Å². The first-order valence-electron chi connectivity index (χ1n) is 7.54. The van der Waals surface area contributed by atoms with Crippen molar-refractivity contribution < 1.29 is 8.42 Å². The Bertz CT molecular complexity index is 780. The predicted octanol–water partition coefficient (Wildman–Crippen LogP) is 2.48. The third kappa shape index (κ3) is 3.32. The number of benzene rings is 1. The average molecular weight is 319 g/mol. The molecule has 22 heavy (non-hydrogen) atoms. The van der Waals surface area contributed by atoms with Crippen LogP contribution in [0.5, 0.6) is 0 Å². The zero-order valence-corrected chi connectivity index (χ0v) is 13.7. The average Bonchev–Trinajstić information content (AvgIpc) is 2.77. The molecule has 1 fully saturated rings. The monoisotopic (exact) mass is 319 g/mol. The number of aromatic nitrogens is 2. The van der Waals surface area contributed by atoms with E-state index in [9.17, 15) is 8.42 Å². The Labute approximate surface area is 131 Å². The normalized spacial score (nSPS) is 20.7. The van der Waals surface area contributed by atoms with Gasteiger partial charge in [-0.3, -0.25) is 0 Å². The molecule has 0 aliphatic carbocycles. The van der Waals surface area contributed by atoms with Gasteiger partial charge in [-0.2, -0.15) is 5.10 Å². The van der Waals surface area contributed by atoms with E-state index < -0.39 is 9.84 Å². The van der Waals surface area contributed by atoms with Crippen molar-refractivity contribution >= 4 is 15.5 Å². The van der Waals surface area contributed by atoms with Crippen LogP contribution in [0.15, 0.2) is 30.3 Å². The Kier molecular flexibility index (Phi) is 3.95. The van der Waals surface area contributed by atoms with Gasteiger partial charge in [-0.1, -0.05) is 6.07 Å². The third-order valence-electron chi connectivity index (χ3n) is 3.93. The summed E-state index contributed by atoms with van der Waals surface area (Å²) in [5.74, 6) is 0.536. The Morgan fingerprint density at radius 3 is 2.77 bits per heavy atom. The molecule has 0 saturated carbocycles. The van der Waals surface area contributed by atoms with E-state index in [4.69, 9.17) is 0 Å². The fraction of sp³-hybridized carbons (Fsp3) is 0.438. The number of nitrogens with one attached hydrogen (secondary N) is 1. The summed E-state index contributed by atoms with van der Waals surface area (Å²) in [7, 11) is -2.90. The van der Waals surface area contributed by atoms with Gasteiger partial charge >= 0.3 is 0 Å². The molecule has 3 rings (SSSR count). The molecule has 1 aliphatic rings. The van der Waals surface area contributed by atoms with Gasteiger partial charge in [0.05, 0.1) is 22.9 Å². The van der Waals surface area contributed by atoms with Gasteiger partial charge in [-0.05, 0) is 51.0 Å². The van der Waals surface area contributed by atoms with Crippen molar-refractivity contribution in [3.8, 4) is 5.69 Å². The van der Waals surface area contributed by atoms with Crippen LogP contribution in [0.25, 0.3) is 5.69 Å². The molecular weight excluding hydrogens is 298 g/mol. The number of anilines is 1. The maximum atomic E-state index is 11.7. The van der Waals surface area contributed by atoms with Gasteiger partial charge in [0.2, 0.25) is 0 Å². The van der Waals surface area contributed by atoms with Crippen LogP contribution >= 0.6 is 0 Å². The van der Waals surface area contributed by atoms with Crippen molar-refractivity contribution in [3.63, 3.8) is 0 Å². The Hall–Kier alpha value is -1.82. The zero-order valence-electron chi connectivity index (χ0n) is 12.9. The van der Waals surface area contributed by atoms with Crippen molar-refractivity contribution in [2.24, 2.45) is 0 Å². The molecule has 1 aromatic carbocycles. The van der Waals surface area contributed by atoms with Crippen molar-refractivity contribution in [2.45, 2.75) is 32.7 Å². The van der Waals surface area contributed by atoms with E-state index in [1.54, 1.807) is 0 Å². The lowest BCUT2D eigenvalue weighted by Gasteiger charge is -2.24. The van der Waals surface area contributed by atoms with Crippen LogP contribution in [0.3, 0.4) is 0 Å². The summed E-state index contributed by atoms with van der Waals surface area (Å²) in [5.41, 5.74) is 3.98. The summed E-state index contributed by atoms with van der Waals surface area (Å²) in [6, 6.07) is 9.98. The van der Waals surface area contributed by atoms with Crippen LogP contribution in [0.4, 0.5) is 5.69 Å². The number of hydrogen-bond acceptors (Lipinski definition) is 4. The van der Waals surface area contributed by atoms with Gasteiger partial charge in [0.25, 0.3) is 0 Å². The Morgan fingerprint density at radius 1 is 1.27 bits per heavy atom. The minimum Gasteiger partial charge on any atom is -0.381 e. The molecule has 1 atom stereocenters. The summed E-state index contributed by atoms with van der Waals surface area (Å²) >= 11 is 0. The molecule has 0 bridgehead atoms. The van der Waals surface area contributed by atoms with Crippen LogP contribution in [0.2, 0.25) is 0 Å². The second-order valence-corrected chi connectivity index (χ2v) is 8.22. The van der Waals surface area contributed by atoms with Gasteiger partial charge in [0.15, 0.2) is 9.84 Å². The summed E-state index contributed by atoms with van der Waals surface area (Å²) in [5, 5.41) is 7.84. The van der Waals surface area contributed by atoms with Crippen molar-refractivity contribution in [1.82, 2.24) is 9.78 Å². The highest BCUT2D eigenvalue weighted by molar-refractivity contribution is 7.91. The third-order valence-corrected chi connectivity index (χ3v) is 5.76. The lowest BCUT2D eigenvalue weighted by Crippen LogP contribution is -2.34. The SMILES string of the molecule is Cc1cc(C)n(-c2cccc(NC3CCCS(=O)(=O)C3)c2)n1. The van der Waals surface area contributed by atoms with Crippen LogP contribution in [0, 0.1) is 13.8 Å².